The van der Waals surface area contributed by atoms with Crippen LogP contribution in [0.3, 0.4) is 0 Å². The van der Waals surface area contributed by atoms with Crippen LogP contribution in [0.25, 0.3) is 0 Å². The molecule has 0 bridgehead atoms. The first-order valence-corrected chi connectivity index (χ1v) is 8.50. The highest BCUT2D eigenvalue weighted by Crippen LogP contribution is 2.28. The van der Waals surface area contributed by atoms with Gasteiger partial charge in [0, 0.05) is 34.4 Å². The van der Waals surface area contributed by atoms with Crippen LogP contribution in [0.4, 0.5) is 0 Å². The number of carbonyl (C=O) groups is 1. The number of amides is 1. The van der Waals surface area contributed by atoms with Crippen molar-refractivity contribution in [3.63, 3.8) is 0 Å². The van der Waals surface area contributed by atoms with Crippen molar-refractivity contribution in [1.29, 1.82) is 5.26 Å². The second kappa shape index (κ2) is 6.67. The van der Waals surface area contributed by atoms with Crippen LogP contribution in [0.5, 0.6) is 0 Å². The number of halogens is 1. The fourth-order valence-electron chi connectivity index (χ4n) is 2.71. The van der Waals surface area contributed by atoms with Gasteiger partial charge in [-0.05, 0) is 38.2 Å². The van der Waals surface area contributed by atoms with Crippen molar-refractivity contribution in [3.05, 3.63) is 57.7 Å². The summed E-state index contributed by atoms with van der Waals surface area (Å²) < 4.78 is 1.02. The second-order valence-corrected chi connectivity index (χ2v) is 6.85. The van der Waals surface area contributed by atoms with E-state index in [0.717, 1.165) is 10.2 Å². The van der Waals surface area contributed by atoms with Crippen LogP contribution in [0.2, 0.25) is 0 Å². The average molecular weight is 388 g/mol. The smallest absolute Gasteiger partial charge is 0.259 e. The van der Waals surface area contributed by atoms with E-state index in [1.165, 1.54) is 0 Å². The number of rotatable bonds is 3. The van der Waals surface area contributed by atoms with E-state index in [4.69, 9.17) is 5.26 Å². The highest BCUT2D eigenvalue weighted by atomic mass is 79.9. The van der Waals surface area contributed by atoms with E-state index in [2.05, 4.69) is 32.7 Å². The molecule has 0 aliphatic carbocycles. The summed E-state index contributed by atoms with van der Waals surface area (Å²) in [6.45, 7) is 5.08. The minimum absolute atomic E-state index is 0.0141. The third-order valence-corrected chi connectivity index (χ3v) is 4.61. The number of carbonyl (C=O) groups excluding carboxylic acids is 1. The first-order valence-electron chi connectivity index (χ1n) is 7.71. The van der Waals surface area contributed by atoms with E-state index >= 15 is 0 Å². The molecule has 0 aromatic heterocycles. The van der Waals surface area contributed by atoms with Crippen molar-refractivity contribution in [2.24, 2.45) is 0 Å². The number of nitrogens with one attached hydrogen (secondary N) is 2. The Kier molecular flexibility index (Phi) is 4.60. The summed E-state index contributed by atoms with van der Waals surface area (Å²) in [6.07, 6.45) is 9.07. The lowest BCUT2D eigenvalue weighted by atomic mass is 10.1. The molecule has 0 saturated heterocycles. The predicted octanol–water partition coefficient (Wildman–Crippen LogP) is 2.00. The molecule has 3 aliphatic heterocycles. The van der Waals surface area contributed by atoms with Gasteiger partial charge in [0.2, 0.25) is 0 Å². The molecule has 0 unspecified atom stereocenters. The van der Waals surface area contributed by atoms with Crippen LogP contribution in [0.15, 0.2) is 57.7 Å². The van der Waals surface area contributed by atoms with Gasteiger partial charge in [-0.2, -0.15) is 5.26 Å². The zero-order chi connectivity index (χ0) is 17.3. The maximum absolute atomic E-state index is 13.0. The third kappa shape index (κ3) is 3.03. The van der Waals surface area contributed by atoms with Gasteiger partial charge in [0.1, 0.15) is 5.82 Å². The van der Waals surface area contributed by atoms with Gasteiger partial charge >= 0.3 is 0 Å². The Labute approximate surface area is 149 Å². The van der Waals surface area contributed by atoms with Gasteiger partial charge in [-0.25, -0.2) is 5.43 Å². The van der Waals surface area contributed by atoms with Crippen molar-refractivity contribution < 1.29 is 4.79 Å². The Balaban J connectivity index is 1.89. The van der Waals surface area contributed by atoms with E-state index < -0.39 is 0 Å². The molecule has 0 radical (unpaired) electrons. The normalized spacial score (nSPS) is 19.3. The first kappa shape index (κ1) is 16.6. The number of hydrogen-bond acceptors (Lipinski definition) is 5. The van der Waals surface area contributed by atoms with Gasteiger partial charge in [0.25, 0.3) is 5.91 Å². The molecule has 3 aliphatic rings. The first-order chi connectivity index (χ1) is 11.5. The molecule has 2 N–H and O–H groups in total. The lowest BCUT2D eigenvalue weighted by Crippen LogP contribution is -2.43. The Morgan fingerprint density at radius 3 is 2.83 bits per heavy atom. The van der Waals surface area contributed by atoms with Gasteiger partial charge in [0.05, 0.1) is 18.3 Å². The Morgan fingerprint density at radius 1 is 1.42 bits per heavy atom. The summed E-state index contributed by atoms with van der Waals surface area (Å²) in [5, 5.41) is 14.0. The number of hydrazine groups is 1. The van der Waals surface area contributed by atoms with Crippen molar-refractivity contribution in [1.82, 2.24) is 20.7 Å². The Morgan fingerprint density at radius 2 is 2.21 bits per heavy atom. The molecule has 0 fully saturated rings. The molecule has 0 spiro atoms. The van der Waals surface area contributed by atoms with Gasteiger partial charge in [0.15, 0.2) is 0 Å². The summed E-state index contributed by atoms with van der Waals surface area (Å²) in [4.78, 5) is 14.8. The number of nitriles is 1. The van der Waals surface area contributed by atoms with Crippen molar-refractivity contribution >= 4 is 21.8 Å². The van der Waals surface area contributed by atoms with Crippen LogP contribution in [0.1, 0.15) is 13.8 Å². The molecule has 3 heterocycles. The summed E-state index contributed by atoms with van der Waals surface area (Å²) in [5.41, 5.74) is 5.40. The highest BCUT2D eigenvalue weighted by Gasteiger charge is 2.28. The zero-order valence-corrected chi connectivity index (χ0v) is 15.1. The molecule has 3 rings (SSSR count). The summed E-state index contributed by atoms with van der Waals surface area (Å²) in [7, 11) is 0. The van der Waals surface area contributed by atoms with E-state index in [1.54, 1.807) is 23.1 Å². The molecule has 24 heavy (non-hydrogen) atoms. The molecule has 6 nitrogen and oxygen atoms in total. The van der Waals surface area contributed by atoms with Crippen molar-refractivity contribution in [2.45, 2.75) is 19.9 Å². The zero-order valence-electron chi connectivity index (χ0n) is 13.5. The average Bonchev–Trinajstić information content (AvgIpc) is 2.96. The fourth-order valence-corrected chi connectivity index (χ4v) is 3.14. The van der Waals surface area contributed by atoms with Crippen LogP contribution < -0.4 is 10.7 Å². The number of dihydropyridines is 1. The van der Waals surface area contributed by atoms with Crippen molar-refractivity contribution in [3.8, 4) is 6.07 Å². The van der Waals surface area contributed by atoms with Crippen LogP contribution in [0, 0.1) is 11.3 Å². The summed E-state index contributed by atoms with van der Waals surface area (Å²) in [6, 6.07) is 2.11. The minimum atomic E-state index is -0.0758. The van der Waals surface area contributed by atoms with Crippen molar-refractivity contribution in [2.75, 3.05) is 13.1 Å². The number of allylic oxidation sites excluding steroid dienone is 3. The van der Waals surface area contributed by atoms with Gasteiger partial charge < -0.3 is 5.32 Å². The maximum atomic E-state index is 13.0. The highest BCUT2D eigenvalue weighted by molar-refractivity contribution is 9.11. The Hall–Kier alpha value is -2.30. The molecular formula is C17H18BrN5O. The third-order valence-electron chi connectivity index (χ3n) is 3.93. The fraction of sp³-hybridized carbons (Fsp3) is 0.294. The topological polar surface area (TPSA) is 71.4 Å². The lowest BCUT2D eigenvalue weighted by Gasteiger charge is -2.32. The van der Waals surface area contributed by atoms with E-state index in [0.29, 0.717) is 30.1 Å². The molecule has 7 heteroatoms. The van der Waals surface area contributed by atoms with Crippen LogP contribution >= 0.6 is 15.9 Å². The minimum Gasteiger partial charge on any atom is -0.367 e. The number of nitrogens with zero attached hydrogens (tertiary/aromatic N) is 3. The molecule has 0 saturated carbocycles. The standard InChI is InChI=1S/C17H18BrN5O/c1-11(2)23(16-4-3-12(8-19)9-20-16)17(24)13-5-6-22-15(7-13)14(18)10-21-22/h3-7,11,20-21H,9-10H2,1-2H3. The monoisotopic (exact) mass is 387 g/mol. The van der Waals surface area contributed by atoms with Gasteiger partial charge in [-0.3, -0.25) is 14.7 Å². The van der Waals surface area contributed by atoms with E-state index in [1.807, 2.05) is 31.1 Å². The predicted molar refractivity (Wildman–Crippen MR) is 94.8 cm³/mol. The largest absolute Gasteiger partial charge is 0.367 e. The molecule has 124 valence electrons. The lowest BCUT2D eigenvalue weighted by molar-refractivity contribution is -0.126. The molecular weight excluding hydrogens is 370 g/mol. The summed E-state index contributed by atoms with van der Waals surface area (Å²) in [5.74, 6) is 0.636. The molecule has 0 atom stereocenters. The van der Waals surface area contributed by atoms with Crippen LogP contribution in [-0.2, 0) is 4.79 Å². The number of hydrogen-bond donors (Lipinski definition) is 2. The van der Waals surface area contributed by atoms with E-state index in [9.17, 15) is 4.79 Å². The molecule has 0 aromatic rings. The van der Waals surface area contributed by atoms with Gasteiger partial charge in [-0.15, -0.1) is 0 Å². The molecule has 1 amide bonds. The van der Waals surface area contributed by atoms with Gasteiger partial charge in [-0.1, -0.05) is 15.9 Å². The second-order valence-electron chi connectivity index (χ2n) is 5.89. The quantitative estimate of drug-likeness (QED) is 0.774. The van der Waals surface area contributed by atoms with E-state index in [-0.39, 0.29) is 11.9 Å². The van der Waals surface area contributed by atoms with Crippen LogP contribution in [-0.4, -0.2) is 34.9 Å². The Bertz CT molecular complexity index is 766. The number of fused-ring (bicyclic) bond motifs is 1. The SMILES string of the molecule is CC(C)N(C(=O)C1=CC2=C(Br)CNN2C=C1)C1=CC=C(C#N)CN1. The maximum Gasteiger partial charge on any atom is 0.259 e. The molecule has 0 aromatic carbocycles. The summed E-state index contributed by atoms with van der Waals surface area (Å²) >= 11 is 3.52.